The Bertz CT molecular complexity index is 352. The van der Waals surface area contributed by atoms with Crippen molar-refractivity contribution in [2.45, 2.75) is 64.5 Å². The van der Waals surface area contributed by atoms with E-state index in [0.717, 1.165) is 13.0 Å². The minimum Gasteiger partial charge on any atom is -0.480 e. The van der Waals surface area contributed by atoms with E-state index in [-0.39, 0.29) is 6.04 Å². The van der Waals surface area contributed by atoms with Gasteiger partial charge < -0.3 is 5.11 Å². The molecule has 0 aromatic rings. The molecule has 0 aromatic carbocycles. The maximum Gasteiger partial charge on any atom is 0.321 e. The molecule has 18 heavy (non-hydrogen) atoms. The van der Waals surface area contributed by atoms with Crippen molar-refractivity contribution in [3.63, 3.8) is 0 Å². The van der Waals surface area contributed by atoms with Crippen LogP contribution in [0, 0.1) is 17.3 Å². The van der Waals surface area contributed by atoms with Gasteiger partial charge in [0, 0.05) is 12.6 Å². The monoisotopic (exact) mass is 251 g/mol. The van der Waals surface area contributed by atoms with Gasteiger partial charge in [0.2, 0.25) is 0 Å². The number of aliphatic carboxylic acids is 1. The number of nitrogens with zero attached hydrogens (tertiary/aromatic N) is 1. The first-order chi connectivity index (χ1) is 8.50. The zero-order chi connectivity index (χ0) is 12.9. The van der Waals surface area contributed by atoms with Crippen molar-refractivity contribution in [2.75, 3.05) is 6.54 Å². The van der Waals surface area contributed by atoms with E-state index in [2.05, 4.69) is 18.7 Å². The highest BCUT2D eigenvalue weighted by Gasteiger charge is 2.52. The first-order valence-electron chi connectivity index (χ1n) is 7.49. The second-order valence-electron chi connectivity index (χ2n) is 7.23. The lowest BCUT2D eigenvalue weighted by atomic mass is 9.85. The van der Waals surface area contributed by atoms with Gasteiger partial charge in [0.15, 0.2) is 0 Å². The van der Waals surface area contributed by atoms with Crippen LogP contribution in [0.15, 0.2) is 0 Å². The maximum atomic E-state index is 11.7. The van der Waals surface area contributed by atoms with Crippen molar-refractivity contribution in [3.8, 4) is 0 Å². The summed E-state index contributed by atoms with van der Waals surface area (Å²) in [5, 5.41) is 9.62. The van der Waals surface area contributed by atoms with Crippen LogP contribution in [0.4, 0.5) is 0 Å². The van der Waals surface area contributed by atoms with Crippen molar-refractivity contribution in [2.24, 2.45) is 17.3 Å². The zero-order valence-electron chi connectivity index (χ0n) is 11.6. The Kier molecular flexibility index (Phi) is 2.92. The molecular weight excluding hydrogens is 226 g/mol. The molecule has 1 heterocycles. The van der Waals surface area contributed by atoms with Crippen LogP contribution in [0.25, 0.3) is 0 Å². The number of hydrogen-bond donors (Lipinski definition) is 1. The molecule has 0 bridgehead atoms. The van der Waals surface area contributed by atoms with Crippen molar-refractivity contribution in [1.82, 2.24) is 4.90 Å². The fraction of sp³-hybridized carbons (Fsp3) is 0.933. The number of rotatable bonds is 2. The predicted octanol–water partition coefficient (Wildman–Crippen LogP) is 2.75. The van der Waals surface area contributed by atoms with E-state index in [1.807, 2.05) is 0 Å². The number of fused-ring (bicyclic) bond motifs is 1. The van der Waals surface area contributed by atoms with Gasteiger partial charge in [-0.1, -0.05) is 26.7 Å². The third-order valence-electron chi connectivity index (χ3n) is 5.78. The number of carbonyl (C=O) groups is 1. The second kappa shape index (κ2) is 4.22. The third-order valence-corrected chi connectivity index (χ3v) is 5.78. The number of hydrogen-bond acceptors (Lipinski definition) is 2. The van der Waals surface area contributed by atoms with E-state index < -0.39 is 5.97 Å². The molecule has 4 unspecified atom stereocenters. The van der Waals surface area contributed by atoms with Gasteiger partial charge in [-0.3, -0.25) is 9.69 Å². The first kappa shape index (κ1) is 12.5. The molecule has 0 radical (unpaired) electrons. The van der Waals surface area contributed by atoms with Crippen LogP contribution in [0.2, 0.25) is 0 Å². The first-order valence-corrected chi connectivity index (χ1v) is 7.49. The van der Waals surface area contributed by atoms with Gasteiger partial charge in [0.25, 0.3) is 0 Å². The van der Waals surface area contributed by atoms with Gasteiger partial charge in [-0.05, 0) is 42.9 Å². The number of likely N-dealkylation sites (tertiary alicyclic amines) is 1. The van der Waals surface area contributed by atoms with E-state index in [0.29, 0.717) is 23.3 Å². The van der Waals surface area contributed by atoms with Gasteiger partial charge >= 0.3 is 5.97 Å². The van der Waals surface area contributed by atoms with Crippen LogP contribution in [-0.4, -0.2) is 34.6 Å². The molecule has 102 valence electrons. The van der Waals surface area contributed by atoms with E-state index in [4.69, 9.17) is 0 Å². The summed E-state index contributed by atoms with van der Waals surface area (Å²) in [4.78, 5) is 14.0. The molecule has 0 amide bonds. The summed E-state index contributed by atoms with van der Waals surface area (Å²) in [6, 6.07) is 0.295. The lowest BCUT2D eigenvalue weighted by Crippen LogP contribution is -2.49. The summed E-state index contributed by atoms with van der Waals surface area (Å²) in [6.07, 6.45) is 7.31. The standard InChI is InChI=1S/C15H25NO2/c1-15(2)8-4-7-12(15)16-9-10-5-3-6-11(10)13(16)14(17)18/h10-13H,3-9H2,1-2H3,(H,17,18). The van der Waals surface area contributed by atoms with Crippen molar-refractivity contribution < 1.29 is 9.90 Å². The van der Waals surface area contributed by atoms with Crippen LogP contribution in [-0.2, 0) is 4.79 Å². The Balaban J connectivity index is 1.85. The molecule has 3 aliphatic rings. The molecule has 3 fully saturated rings. The highest BCUT2D eigenvalue weighted by atomic mass is 16.4. The molecule has 0 spiro atoms. The van der Waals surface area contributed by atoms with Crippen molar-refractivity contribution in [1.29, 1.82) is 0 Å². The smallest absolute Gasteiger partial charge is 0.321 e. The fourth-order valence-electron chi connectivity index (χ4n) is 4.91. The van der Waals surface area contributed by atoms with Crippen LogP contribution in [0.3, 0.4) is 0 Å². The molecule has 3 rings (SSSR count). The zero-order valence-corrected chi connectivity index (χ0v) is 11.6. The van der Waals surface area contributed by atoms with Gasteiger partial charge in [-0.2, -0.15) is 0 Å². The second-order valence-corrected chi connectivity index (χ2v) is 7.23. The molecule has 3 nitrogen and oxygen atoms in total. The average Bonchev–Trinajstić information content (AvgIpc) is 2.88. The van der Waals surface area contributed by atoms with E-state index in [1.165, 1.54) is 32.1 Å². The highest BCUT2D eigenvalue weighted by Crippen LogP contribution is 2.49. The highest BCUT2D eigenvalue weighted by molar-refractivity contribution is 5.74. The maximum absolute atomic E-state index is 11.7. The molecule has 0 aromatic heterocycles. The Morgan fingerprint density at radius 1 is 1.22 bits per heavy atom. The summed E-state index contributed by atoms with van der Waals surface area (Å²) in [7, 11) is 0. The number of carboxylic acids is 1. The Morgan fingerprint density at radius 3 is 2.61 bits per heavy atom. The van der Waals surface area contributed by atoms with Crippen molar-refractivity contribution in [3.05, 3.63) is 0 Å². The minimum atomic E-state index is -0.577. The molecule has 2 saturated carbocycles. The summed E-state index contributed by atoms with van der Waals surface area (Å²) in [6.45, 7) is 5.67. The Morgan fingerprint density at radius 2 is 2.00 bits per heavy atom. The van der Waals surface area contributed by atoms with Crippen LogP contribution < -0.4 is 0 Å². The molecular formula is C15H25NO2. The predicted molar refractivity (Wildman–Crippen MR) is 70.4 cm³/mol. The van der Waals surface area contributed by atoms with E-state index in [9.17, 15) is 9.90 Å². The van der Waals surface area contributed by atoms with Crippen LogP contribution in [0.5, 0.6) is 0 Å². The summed E-state index contributed by atoms with van der Waals surface area (Å²) in [5.41, 5.74) is 0.298. The van der Waals surface area contributed by atoms with Crippen molar-refractivity contribution >= 4 is 5.97 Å². The van der Waals surface area contributed by atoms with Gasteiger partial charge in [-0.15, -0.1) is 0 Å². The fourth-order valence-corrected chi connectivity index (χ4v) is 4.91. The summed E-state index contributed by atoms with van der Waals surface area (Å²) < 4.78 is 0. The normalized spacial score (nSPS) is 43.2. The quantitative estimate of drug-likeness (QED) is 0.820. The van der Waals surface area contributed by atoms with Gasteiger partial charge in [-0.25, -0.2) is 0 Å². The molecule has 3 heteroatoms. The third kappa shape index (κ3) is 1.78. The minimum absolute atomic E-state index is 0.195. The number of carboxylic acid groups (broad SMARTS) is 1. The van der Waals surface area contributed by atoms with Crippen LogP contribution >= 0.6 is 0 Å². The van der Waals surface area contributed by atoms with E-state index >= 15 is 0 Å². The average molecular weight is 251 g/mol. The lowest BCUT2D eigenvalue weighted by Gasteiger charge is -2.38. The molecule has 2 aliphatic carbocycles. The van der Waals surface area contributed by atoms with Gasteiger partial charge in [0.1, 0.15) is 6.04 Å². The van der Waals surface area contributed by atoms with E-state index in [1.54, 1.807) is 0 Å². The Labute approximate surface area is 110 Å². The topological polar surface area (TPSA) is 40.5 Å². The largest absolute Gasteiger partial charge is 0.480 e. The SMILES string of the molecule is CC1(C)CCCC1N1CC2CCCC2C1C(=O)O. The Hall–Kier alpha value is -0.570. The molecule has 1 saturated heterocycles. The lowest BCUT2D eigenvalue weighted by molar-refractivity contribution is -0.145. The summed E-state index contributed by atoms with van der Waals surface area (Å²) in [5.74, 6) is 0.508. The summed E-state index contributed by atoms with van der Waals surface area (Å²) >= 11 is 0. The molecule has 1 aliphatic heterocycles. The van der Waals surface area contributed by atoms with Gasteiger partial charge in [0.05, 0.1) is 0 Å². The molecule has 4 atom stereocenters. The molecule has 1 N–H and O–H groups in total. The van der Waals surface area contributed by atoms with Crippen LogP contribution in [0.1, 0.15) is 52.4 Å².